The predicted octanol–water partition coefficient (Wildman–Crippen LogP) is 3.83. The number of benzene rings is 1. The van der Waals surface area contributed by atoms with Gasteiger partial charge >= 0.3 is 5.97 Å². The Hall–Kier alpha value is -1.49. The lowest BCUT2D eigenvalue weighted by molar-refractivity contribution is 0.0697. The third kappa shape index (κ3) is 3.59. The second-order valence-electron chi connectivity index (χ2n) is 5.27. The van der Waals surface area contributed by atoms with Crippen LogP contribution in [-0.4, -0.2) is 32.1 Å². The van der Waals surface area contributed by atoms with Crippen LogP contribution in [0.25, 0.3) is 11.0 Å². The minimum atomic E-state index is -0.903. The first-order valence-corrected chi connectivity index (χ1v) is 8.60. The summed E-state index contributed by atoms with van der Waals surface area (Å²) in [6.45, 7) is 5.29. The molecule has 0 aliphatic rings. The highest BCUT2D eigenvalue weighted by Crippen LogP contribution is 2.21. The van der Waals surface area contributed by atoms with Gasteiger partial charge in [-0.05, 0) is 37.3 Å². The van der Waals surface area contributed by atoms with Gasteiger partial charge in [-0.3, -0.25) is 0 Å². The molecule has 1 heterocycles. The Kier molecular flexibility index (Phi) is 5.28. The molecule has 0 amide bonds. The van der Waals surface area contributed by atoms with Crippen molar-refractivity contribution < 1.29 is 9.90 Å². The van der Waals surface area contributed by atoms with E-state index < -0.39 is 5.97 Å². The predicted molar refractivity (Wildman–Crippen MR) is 88.3 cm³/mol. The Bertz CT molecular complexity index is 636. The lowest BCUT2D eigenvalue weighted by atomic mass is 10.2. The molecule has 0 saturated carbocycles. The van der Waals surface area contributed by atoms with E-state index in [2.05, 4.69) is 29.7 Å². The zero-order chi connectivity index (χ0) is 15.4. The van der Waals surface area contributed by atoms with Gasteiger partial charge < -0.3 is 9.67 Å². The number of carboxylic acids is 1. The summed E-state index contributed by atoms with van der Waals surface area (Å²) in [7, 11) is 0. The number of aromatic carboxylic acids is 1. The summed E-state index contributed by atoms with van der Waals surface area (Å²) in [5.74, 6) is 0.155. The summed E-state index contributed by atoms with van der Waals surface area (Å²) in [5, 5.41) is 9.70. The number of aryl methyl sites for hydroxylation is 2. The van der Waals surface area contributed by atoms with Crippen LogP contribution in [0.3, 0.4) is 0 Å². The van der Waals surface area contributed by atoms with E-state index in [-0.39, 0.29) is 0 Å². The van der Waals surface area contributed by atoms with E-state index in [4.69, 9.17) is 5.11 Å². The molecule has 0 radical (unpaired) electrons. The molecule has 21 heavy (non-hydrogen) atoms. The Balaban J connectivity index is 2.39. The molecule has 0 spiro atoms. The molecule has 1 atom stereocenters. The van der Waals surface area contributed by atoms with Crippen LogP contribution in [0.4, 0.5) is 0 Å². The van der Waals surface area contributed by atoms with Gasteiger partial charge in [0.25, 0.3) is 0 Å². The van der Waals surface area contributed by atoms with E-state index >= 15 is 0 Å². The maximum atomic E-state index is 11.1. The molecule has 4 nitrogen and oxygen atoms in total. The number of carbonyl (C=O) groups is 1. The molecule has 1 N–H and O–H groups in total. The van der Waals surface area contributed by atoms with Crippen LogP contribution in [0.2, 0.25) is 0 Å². The summed E-state index contributed by atoms with van der Waals surface area (Å²) in [6.07, 6.45) is 5.17. The topological polar surface area (TPSA) is 55.1 Å². The van der Waals surface area contributed by atoms with Crippen LogP contribution in [0, 0.1) is 0 Å². The first kappa shape index (κ1) is 15.9. The van der Waals surface area contributed by atoms with E-state index in [1.807, 2.05) is 17.8 Å². The van der Waals surface area contributed by atoms with Crippen molar-refractivity contribution in [2.75, 3.05) is 6.26 Å². The molecule has 1 aromatic carbocycles. The number of imidazole rings is 1. The molecular weight excluding hydrogens is 284 g/mol. The molecule has 0 bridgehead atoms. The van der Waals surface area contributed by atoms with Crippen LogP contribution in [0.5, 0.6) is 0 Å². The summed E-state index contributed by atoms with van der Waals surface area (Å²) in [4.78, 5) is 15.7. The summed E-state index contributed by atoms with van der Waals surface area (Å²) >= 11 is 1.87. The van der Waals surface area contributed by atoms with Crippen molar-refractivity contribution in [3.05, 3.63) is 29.6 Å². The van der Waals surface area contributed by atoms with Gasteiger partial charge in [-0.1, -0.05) is 13.8 Å². The van der Waals surface area contributed by atoms with Gasteiger partial charge in [0, 0.05) is 18.2 Å². The Morgan fingerprint density at radius 3 is 2.86 bits per heavy atom. The second kappa shape index (κ2) is 6.98. The highest BCUT2D eigenvalue weighted by atomic mass is 32.2. The molecule has 0 saturated heterocycles. The van der Waals surface area contributed by atoms with Crippen molar-refractivity contribution >= 4 is 28.8 Å². The van der Waals surface area contributed by atoms with Gasteiger partial charge in [-0.2, -0.15) is 11.8 Å². The quantitative estimate of drug-likeness (QED) is 0.844. The smallest absolute Gasteiger partial charge is 0.335 e. The molecule has 0 aliphatic heterocycles. The van der Waals surface area contributed by atoms with Crippen LogP contribution in [0.15, 0.2) is 18.2 Å². The van der Waals surface area contributed by atoms with Crippen molar-refractivity contribution in [2.24, 2.45) is 0 Å². The lowest BCUT2D eigenvalue weighted by Crippen LogP contribution is -2.08. The van der Waals surface area contributed by atoms with E-state index in [1.165, 1.54) is 0 Å². The number of aromatic nitrogens is 2. The van der Waals surface area contributed by atoms with Gasteiger partial charge in [0.05, 0.1) is 16.6 Å². The Labute approximate surface area is 129 Å². The maximum absolute atomic E-state index is 11.1. The van der Waals surface area contributed by atoms with Gasteiger partial charge in [-0.15, -0.1) is 0 Å². The van der Waals surface area contributed by atoms with E-state index in [0.717, 1.165) is 42.7 Å². The van der Waals surface area contributed by atoms with Crippen LogP contribution < -0.4 is 0 Å². The molecule has 5 heteroatoms. The third-order valence-electron chi connectivity index (χ3n) is 3.71. The fourth-order valence-corrected chi connectivity index (χ4v) is 2.75. The van der Waals surface area contributed by atoms with E-state index in [9.17, 15) is 4.79 Å². The average molecular weight is 306 g/mol. The Morgan fingerprint density at radius 2 is 2.24 bits per heavy atom. The van der Waals surface area contributed by atoms with Crippen molar-refractivity contribution in [2.45, 2.75) is 44.9 Å². The van der Waals surface area contributed by atoms with Crippen molar-refractivity contribution in [3.63, 3.8) is 0 Å². The number of nitrogens with zero attached hydrogens (tertiary/aromatic N) is 2. The monoisotopic (exact) mass is 306 g/mol. The summed E-state index contributed by atoms with van der Waals surface area (Å²) < 4.78 is 2.25. The zero-order valence-electron chi connectivity index (χ0n) is 12.8. The first-order chi connectivity index (χ1) is 10.1. The Morgan fingerprint density at radius 1 is 1.48 bits per heavy atom. The number of fused-ring (bicyclic) bond motifs is 1. The van der Waals surface area contributed by atoms with Crippen LogP contribution in [-0.2, 0) is 13.0 Å². The first-order valence-electron chi connectivity index (χ1n) is 7.32. The number of hydrogen-bond acceptors (Lipinski definition) is 3. The minimum absolute atomic E-state index is 0.299. The lowest BCUT2D eigenvalue weighted by Gasteiger charge is -2.12. The maximum Gasteiger partial charge on any atom is 0.335 e. The van der Waals surface area contributed by atoms with Gasteiger partial charge in [-0.25, -0.2) is 9.78 Å². The molecule has 2 aromatic rings. The number of thioether (sulfide) groups is 1. The van der Waals surface area contributed by atoms with Crippen molar-refractivity contribution in [1.29, 1.82) is 0 Å². The average Bonchev–Trinajstić information content (AvgIpc) is 2.81. The molecule has 1 aromatic heterocycles. The number of hydrogen-bond donors (Lipinski definition) is 1. The highest BCUT2D eigenvalue weighted by molar-refractivity contribution is 7.99. The highest BCUT2D eigenvalue weighted by Gasteiger charge is 2.13. The minimum Gasteiger partial charge on any atom is -0.478 e. The van der Waals surface area contributed by atoms with E-state index in [1.54, 1.807) is 12.1 Å². The number of rotatable bonds is 7. The van der Waals surface area contributed by atoms with Crippen molar-refractivity contribution in [3.8, 4) is 0 Å². The fourth-order valence-electron chi connectivity index (χ4n) is 2.41. The molecule has 0 fully saturated rings. The number of carboxylic acid groups (broad SMARTS) is 1. The fraction of sp³-hybridized carbons (Fsp3) is 0.500. The normalized spacial score (nSPS) is 12.7. The van der Waals surface area contributed by atoms with Gasteiger partial charge in [0.15, 0.2) is 0 Å². The van der Waals surface area contributed by atoms with Crippen LogP contribution in [0.1, 0.15) is 42.9 Å². The van der Waals surface area contributed by atoms with Gasteiger partial charge in [0.1, 0.15) is 5.82 Å². The van der Waals surface area contributed by atoms with Crippen LogP contribution >= 0.6 is 11.8 Å². The SMILES string of the molecule is CCCc1nc2cc(C(=O)O)ccc2n1CCC(C)SC. The molecule has 1 unspecified atom stereocenters. The molecule has 114 valence electrons. The van der Waals surface area contributed by atoms with Crippen molar-refractivity contribution in [1.82, 2.24) is 9.55 Å². The zero-order valence-corrected chi connectivity index (χ0v) is 13.6. The molecule has 2 rings (SSSR count). The third-order valence-corrected chi connectivity index (χ3v) is 4.75. The largest absolute Gasteiger partial charge is 0.478 e. The molecular formula is C16H22N2O2S. The standard InChI is InChI=1S/C16H22N2O2S/c1-4-5-15-17-13-10-12(16(19)20)6-7-14(13)18(15)9-8-11(2)21-3/h6-7,10-11H,4-5,8-9H2,1-3H3,(H,19,20). The van der Waals surface area contributed by atoms with Gasteiger partial charge in [0.2, 0.25) is 0 Å². The van der Waals surface area contributed by atoms with E-state index in [0.29, 0.717) is 10.8 Å². The summed E-state index contributed by atoms with van der Waals surface area (Å²) in [6, 6.07) is 5.22. The summed E-state index contributed by atoms with van der Waals surface area (Å²) in [5.41, 5.74) is 2.12. The molecule has 0 aliphatic carbocycles. The second-order valence-corrected chi connectivity index (χ2v) is 6.55.